The average molecular weight is 355 g/mol. The molecule has 1 saturated heterocycles. The zero-order chi connectivity index (χ0) is 18.5. The van der Waals surface area contributed by atoms with Gasteiger partial charge in [-0.05, 0) is 43.5 Å². The van der Waals surface area contributed by atoms with Crippen molar-refractivity contribution in [3.63, 3.8) is 0 Å². The smallest absolute Gasteiger partial charge is 0.229 e. The first-order chi connectivity index (χ1) is 13.3. The van der Waals surface area contributed by atoms with Crippen molar-refractivity contribution in [1.82, 2.24) is 9.97 Å². The van der Waals surface area contributed by atoms with Crippen LogP contribution < -0.4 is 10.2 Å². The second-order valence-corrected chi connectivity index (χ2v) is 6.66. The highest BCUT2D eigenvalue weighted by atomic mass is 15.2. The predicted molar refractivity (Wildman–Crippen MR) is 108 cm³/mol. The number of piperidine rings is 1. The van der Waals surface area contributed by atoms with Gasteiger partial charge in [0.25, 0.3) is 0 Å². The Morgan fingerprint density at radius 3 is 2.33 bits per heavy atom. The Hall–Kier alpha value is -3.39. The minimum atomic E-state index is 0.571. The van der Waals surface area contributed by atoms with Gasteiger partial charge in [-0.2, -0.15) is 10.2 Å². The summed E-state index contributed by atoms with van der Waals surface area (Å²) in [5.41, 5.74) is 3.47. The zero-order valence-electron chi connectivity index (χ0n) is 15.1. The molecule has 0 amide bonds. The van der Waals surface area contributed by atoms with Crippen LogP contribution in [0.15, 0.2) is 60.7 Å². The van der Waals surface area contributed by atoms with Gasteiger partial charge in [0.15, 0.2) is 0 Å². The molecule has 134 valence electrons. The molecule has 1 aliphatic rings. The summed E-state index contributed by atoms with van der Waals surface area (Å²) in [6.45, 7) is 2.06. The van der Waals surface area contributed by atoms with Gasteiger partial charge >= 0.3 is 0 Å². The fraction of sp³-hybridized carbons (Fsp3) is 0.227. The molecule has 0 bridgehead atoms. The second kappa shape index (κ2) is 7.88. The maximum atomic E-state index is 8.96. The van der Waals surface area contributed by atoms with Crippen LogP contribution in [0.4, 0.5) is 17.5 Å². The fourth-order valence-electron chi connectivity index (χ4n) is 3.29. The number of anilines is 3. The first-order valence-corrected chi connectivity index (χ1v) is 9.28. The van der Waals surface area contributed by atoms with E-state index in [-0.39, 0.29) is 0 Å². The maximum absolute atomic E-state index is 8.96. The number of benzene rings is 2. The number of hydrogen-bond acceptors (Lipinski definition) is 5. The van der Waals surface area contributed by atoms with Crippen molar-refractivity contribution in [2.45, 2.75) is 19.3 Å². The molecule has 4 rings (SSSR count). The molecule has 0 unspecified atom stereocenters. The summed E-state index contributed by atoms with van der Waals surface area (Å²) in [7, 11) is 0. The van der Waals surface area contributed by atoms with Crippen molar-refractivity contribution in [3.8, 4) is 17.3 Å². The Morgan fingerprint density at radius 1 is 0.889 bits per heavy atom. The summed E-state index contributed by atoms with van der Waals surface area (Å²) < 4.78 is 0. The number of aromatic nitrogens is 2. The average Bonchev–Trinajstić information content (AvgIpc) is 2.75. The number of nitrogens with zero attached hydrogens (tertiary/aromatic N) is 4. The third-order valence-electron chi connectivity index (χ3n) is 4.73. The minimum absolute atomic E-state index is 0.571. The van der Waals surface area contributed by atoms with Crippen LogP contribution in [0.3, 0.4) is 0 Å². The van der Waals surface area contributed by atoms with Crippen LogP contribution in [0.5, 0.6) is 0 Å². The van der Waals surface area contributed by atoms with Gasteiger partial charge in [-0.1, -0.05) is 30.3 Å². The van der Waals surface area contributed by atoms with E-state index in [1.807, 2.05) is 30.3 Å². The molecular formula is C22H21N5. The lowest BCUT2D eigenvalue weighted by Gasteiger charge is -2.28. The van der Waals surface area contributed by atoms with Crippen LogP contribution in [-0.2, 0) is 0 Å². The van der Waals surface area contributed by atoms with E-state index >= 15 is 0 Å². The van der Waals surface area contributed by atoms with Crippen molar-refractivity contribution in [3.05, 3.63) is 66.2 Å². The Morgan fingerprint density at radius 2 is 1.63 bits per heavy atom. The summed E-state index contributed by atoms with van der Waals surface area (Å²) >= 11 is 0. The van der Waals surface area contributed by atoms with E-state index in [9.17, 15) is 0 Å². The Kier molecular flexibility index (Phi) is 4.97. The third kappa shape index (κ3) is 4.06. The molecule has 5 nitrogen and oxygen atoms in total. The molecule has 0 atom stereocenters. The molecule has 27 heavy (non-hydrogen) atoms. The summed E-state index contributed by atoms with van der Waals surface area (Å²) in [6.07, 6.45) is 3.68. The van der Waals surface area contributed by atoms with E-state index in [0.29, 0.717) is 11.5 Å². The topological polar surface area (TPSA) is 64.8 Å². The largest absolute Gasteiger partial charge is 0.356 e. The lowest BCUT2D eigenvalue weighted by atomic mass is 10.1. The molecule has 3 aromatic rings. The predicted octanol–water partition coefficient (Wildman–Crippen LogP) is 4.75. The van der Waals surface area contributed by atoms with Gasteiger partial charge < -0.3 is 10.2 Å². The van der Waals surface area contributed by atoms with E-state index in [1.54, 1.807) is 12.1 Å². The van der Waals surface area contributed by atoms with Crippen LogP contribution in [0.2, 0.25) is 0 Å². The van der Waals surface area contributed by atoms with Crippen LogP contribution in [-0.4, -0.2) is 23.1 Å². The quantitative estimate of drug-likeness (QED) is 0.732. The van der Waals surface area contributed by atoms with E-state index in [0.717, 1.165) is 35.9 Å². The molecule has 0 spiro atoms. The van der Waals surface area contributed by atoms with Gasteiger partial charge in [-0.3, -0.25) is 0 Å². The number of nitrogens with one attached hydrogen (secondary N) is 1. The van der Waals surface area contributed by atoms with Gasteiger partial charge in [0.1, 0.15) is 5.82 Å². The maximum Gasteiger partial charge on any atom is 0.229 e. The van der Waals surface area contributed by atoms with Crippen molar-refractivity contribution in [2.24, 2.45) is 0 Å². The van der Waals surface area contributed by atoms with Gasteiger partial charge in [-0.15, -0.1) is 0 Å². The fourth-order valence-corrected chi connectivity index (χ4v) is 3.29. The van der Waals surface area contributed by atoms with Crippen LogP contribution in [0, 0.1) is 11.3 Å². The molecule has 1 fully saturated rings. The molecule has 0 radical (unpaired) electrons. The van der Waals surface area contributed by atoms with Crippen LogP contribution in [0.25, 0.3) is 11.3 Å². The highest BCUT2D eigenvalue weighted by Gasteiger charge is 2.15. The van der Waals surface area contributed by atoms with Gasteiger partial charge in [-0.25, -0.2) is 4.98 Å². The lowest BCUT2D eigenvalue weighted by Crippen LogP contribution is -2.30. The summed E-state index contributed by atoms with van der Waals surface area (Å²) in [5, 5.41) is 12.2. The normalized spacial score (nSPS) is 13.8. The van der Waals surface area contributed by atoms with Crippen molar-refractivity contribution in [1.29, 1.82) is 5.26 Å². The molecule has 0 saturated carbocycles. The summed E-state index contributed by atoms with van der Waals surface area (Å²) in [6, 6.07) is 21.7. The van der Waals surface area contributed by atoms with Crippen LogP contribution >= 0.6 is 0 Å². The molecule has 2 aromatic carbocycles. The molecule has 1 aromatic heterocycles. The van der Waals surface area contributed by atoms with Crippen molar-refractivity contribution < 1.29 is 0 Å². The molecule has 1 N–H and O–H groups in total. The minimum Gasteiger partial charge on any atom is -0.356 e. The monoisotopic (exact) mass is 355 g/mol. The van der Waals surface area contributed by atoms with Crippen LogP contribution in [0.1, 0.15) is 24.8 Å². The Bertz CT molecular complexity index is 939. The summed E-state index contributed by atoms with van der Waals surface area (Å²) in [5.74, 6) is 1.53. The highest BCUT2D eigenvalue weighted by molar-refractivity contribution is 5.66. The standard InChI is InChI=1S/C22H21N5/c23-16-17-9-11-19(12-10-17)24-22-25-20(18-7-3-1-4-8-18)15-21(26-22)27-13-5-2-6-14-27/h1,3-4,7-12,15H,2,5-6,13-14H2,(H,24,25,26). The Labute approximate surface area is 159 Å². The van der Waals surface area contributed by atoms with Gasteiger partial charge in [0, 0.05) is 30.4 Å². The van der Waals surface area contributed by atoms with E-state index < -0.39 is 0 Å². The van der Waals surface area contributed by atoms with Gasteiger partial charge in [0.05, 0.1) is 17.3 Å². The van der Waals surface area contributed by atoms with E-state index in [2.05, 4.69) is 34.5 Å². The molecule has 0 aliphatic carbocycles. The van der Waals surface area contributed by atoms with E-state index in [4.69, 9.17) is 15.2 Å². The third-order valence-corrected chi connectivity index (χ3v) is 4.73. The molecular weight excluding hydrogens is 334 g/mol. The first-order valence-electron chi connectivity index (χ1n) is 9.28. The molecule has 5 heteroatoms. The zero-order valence-corrected chi connectivity index (χ0v) is 15.1. The number of hydrogen-bond donors (Lipinski definition) is 1. The first kappa shape index (κ1) is 17.0. The Balaban J connectivity index is 1.69. The summed E-state index contributed by atoms with van der Waals surface area (Å²) in [4.78, 5) is 11.8. The molecule has 1 aliphatic heterocycles. The lowest BCUT2D eigenvalue weighted by molar-refractivity contribution is 0.573. The second-order valence-electron chi connectivity index (χ2n) is 6.66. The number of nitriles is 1. The number of rotatable bonds is 4. The van der Waals surface area contributed by atoms with E-state index in [1.165, 1.54) is 19.3 Å². The molecule has 2 heterocycles. The van der Waals surface area contributed by atoms with Crippen molar-refractivity contribution in [2.75, 3.05) is 23.3 Å². The highest BCUT2D eigenvalue weighted by Crippen LogP contribution is 2.26. The van der Waals surface area contributed by atoms with Gasteiger partial charge in [0.2, 0.25) is 5.95 Å². The SMILES string of the molecule is N#Cc1ccc(Nc2nc(-c3ccccc3)cc(N3CCCCC3)n2)cc1. The van der Waals surface area contributed by atoms with Crippen molar-refractivity contribution >= 4 is 17.5 Å².